The molecule has 5 rings (SSSR count). The highest BCUT2D eigenvalue weighted by atomic mass is 35.5. The molecule has 2 atom stereocenters. The Morgan fingerprint density at radius 2 is 1.58 bits per heavy atom. The number of sulfonamides is 2. The second-order valence-electron chi connectivity index (χ2n) is 11.8. The molecule has 6 N–H and O–H groups in total. The lowest BCUT2D eigenvalue weighted by Gasteiger charge is -2.33. The number of carbonyl (C=O) groups is 2. The number of ether oxygens (including phenoxy) is 1. The van der Waals surface area contributed by atoms with Crippen molar-refractivity contribution >= 4 is 66.7 Å². The van der Waals surface area contributed by atoms with Crippen LogP contribution in [0.3, 0.4) is 0 Å². The number of piperidine rings is 1. The Morgan fingerprint density at radius 3 is 2.24 bits per heavy atom. The highest BCUT2D eigenvalue weighted by molar-refractivity contribution is 7.92. The number of nitrogens with two attached hydrogens (primary N) is 1. The van der Waals surface area contributed by atoms with Crippen molar-refractivity contribution in [1.29, 1.82) is 5.41 Å². The lowest BCUT2D eigenvalue weighted by atomic mass is 9.98. The molecule has 0 aliphatic carbocycles. The van der Waals surface area contributed by atoms with Gasteiger partial charge in [-0.3, -0.25) is 14.9 Å². The molecule has 13 nitrogen and oxygen atoms in total. The molecule has 0 spiro atoms. The number of fused-ring (bicyclic) bond motifs is 1. The standard InChI is InChI=1S/C34H38N6O7S2.ClH/c1-47-33(42)26-11-15-29(16-12-26)48(43,44)38-28-13-8-23(9-14-28)19-31(32(41)37-21-24-5-4-18-40(22-24)34(35)36)39-49(45,46)30-17-10-25-6-2-3-7-27(25)20-30;/h2-3,6-17,20,24,31,38-39H,4-5,18-19,21-22H2,1H3,(H3,35,36)(H,37,41);1H/t24-,31+;/m0./s1. The molecule has 1 amide bonds. The highest BCUT2D eigenvalue weighted by Crippen LogP contribution is 2.22. The zero-order valence-corrected chi connectivity index (χ0v) is 29.6. The Hall–Kier alpha value is -4.70. The molecule has 0 aromatic heterocycles. The summed E-state index contributed by atoms with van der Waals surface area (Å²) in [5.74, 6) is -1.11. The molecular weight excluding hydrogens is 704 g/mol. The van der Waals surface area contributed by atoms with E-state index in [2.05, 4.69) is 19.5 Å². The van der Waals surface area contributed by atoms with Gasteiger partial charge in [-0.2, -0.15) is 4.72 Å². The molecular formula is C34H39ClN6O7S2. The summed E-state index contributed by atoms with van der Waals surface area (Å²) in [6.07, 6.45) is 1.61. The van der Waals surface area contributed by atoms with Gasteiger partial charge in [-0.25, -0.2) is 21.6 Å². The number of carbonyl (C=O) groups excluding carboxylic acids is 2. The zero-order chi connectivity index (χ0) is 35.2. The number of methoxy groups -OCH3 is 1. The van der Waals surface area contributed by atoms with Gasteiger partial charge in [0, 0.05) is 25.3 Å². The predicted octanol–water partition coefficient (Wildman–Crippen LogP) is 3.46. The number of hydrogen-bond donors (Lipinski definition) is 5. The average molecular weight is 743 g/mol. The second kappa shape index (κ2) is 16.3. The maximum absolute atomic E-state index is 13.6. The SMILES string of the molecule is COC(=O)c1ccc(S(=O)(=O)Nc2ccc(C[C@@H](NS(=O)(=O)c3ccc4ccccc4c3)C(=O)NC[C@@H]3CCCN(C(=N)N)C3)cc2)cc1.Cl. The van der Waals surface area contributed by atoms with Crippen LogP contribution in [0.25, 0.3) is 10.8 Å². The summed E-state index contributed by atoms with van der Waals surface area (Å²) in [5.41, 5.74) is 6.69. The molecule has 1 aliphatic heterocycles. The van der Waals surface area contributed by atoms with Crippen LogP contribution < -0.4 is 20.5 Å². The van der Waals surface area contributed by atoms with Crippen molar-refractivity contribution in [3.8, 4) is 0 Å². The van der Waals surface area contributed by atoms with Crippen LogP contribution in [0.5, 0.6) is 0 Å². The second-order valence-corrected chi connectivity index (χ2v) is 15.2. The Kier molecular flexibility index (Phi) is 12.5. The van der Waals surface area contributed by atoms with E-state index in [1.807, 2.05) is 18.2 Å². The van der Waals surface area contributed by atoms with Gasteiger partial charge in [-0.05, 0) is 90.0 Å². The van der Waals surface area contributed by atoms with Gasteiger partial charge in [0.2, 0.25) is 15.9 Å². The van der Waals surface area contributed by atoms with Gasteiger partial charge in [0.05, 0.1) is 22.5 Å². The first kappa shape index (κ1) is 38.1. The van der Waals surface area contributed by atoms with Gasteiger partial charge in [0.25, 0.3) is 10.0 Å². The van der Waals surface area contributed by atoms with E-state index in [-0.39, 0.29) is 58.3 Å². The Morgan fingerprint density at radius 1 is 0.920 bits per heavy atom. The third-order valence-electron chi connectivity index (χ3n) is 8.30. The number of hydrogen-bond acceptors (Lipinski definition) is 8. The van der Waals surface area contributed by atoms with Crippen LogP contribution in [0.2, 0.25) is 0 Å². The van der Waals surface area contributed by atoms with Crippen LogP contribution in [0.1, 0.15) is 28.8 Å². The number of guanidine groups is 1. The number of esters is 1. The number of nitrogens with one attached hydrogen (secondary N) is 4. The van der Waals surface area contributed by atoms with Crippen molar-refractivity contribution < 1.29 is 31.2 Å². The van der Waals surface area contributed by atoms with Crippen LogP contribution in [0.15, 0.2) is 101 Å². The fraction of sp³-hybridized carbons (Fsp3) is 0.265. The summed E-state index contributed by atoms with van der Waals surface area (Å²) in [4.78, 5) is 27.0. The minimum absolute atomic E-state index is 0. The first-order valence-electron chi connectivity index (χ1n) is 15.5. The minimum atomic E-state index is -4.14. The summed E-state index contributed by atoms with van der Waals surface area (Å²) in [6, 6.07) is 22.4. The van der Waals surface area contributed by atoms with Crippen molar-refractivity contribution in [2.75, 3.05) is 31.5 Å². The van der Waals surface area contributed by atoms with Crippen molar-refractivity contribution in [2.24, 2.45) is 11.7 Å². The van der Waals surface area contributed by atoms with E-state index in [0.717, 1.165) is 23.6 Å². The lowest BCUT2D eigenvalue weighted by molar-refractivity contribution is -0.123. The number of amides is 1. The average Bonchev–Trinajstić information content (AvgIpc) is 3.10. The number of halogens is 1. The molecule has 1 aliphatic rings. The van der Waals surface area contributed by atoms with E-state index in [1.165, 1.54) is 49.6 Å². The summed E-state index contributed by atoms with van der Waals surface area (Å²) in [7, 11) is -6.90. The van der Waals surface area contributed by atoms with Gasteiger partial charge in [0.15, 0.2) is 5.96 Å². The van der Waals surface area contributed by atoms with E-state index < -0.39 is 38.0 Å². The number of benzene rings is 4. The summed E-state index contributed by atoms with van der Waals surface area (Å²) in [5, 5.41) is 12.2. The van der Waals surface area contributed by atoms with Crippen LogP contribution in [0, 0.1) is 11.3 Å². The monoisotopic (exact) mass is 742 g/mol. The van der Waals surface area contributed by atoms with Crippen LogP contribution in [-0.4, -0.2) is 72.4 Å². The molecule has 1 heterocycles. The third-order valence-corrected chi connectivity index (χ3v) is 11.2. The van der Waals surface area contributed by atoms with Gasteiger partial charge in [0.1, 0.15) is 6.04 Å². The molecule has 0 bridgehead atoms. The van der Waals surface area contributed by atoms with Crippen LogP contribution in [-0.2, 0) is 36.0 Å². The molecule has 1 fully saturated rings. The molecule has 0 unspecified atom stereocenters. The van der Waals surface area contributed by atoms with Gasteiger partial charge >= 0.3 is 5.97 Å². The maximum Gasteiger partial charge on any atom is 0.337 e. The van der Waals surface area contributed by atoms with Gasteiger partial charge < -0.3 is 20.7 Å². The fourth-order valence-corrected chi connectivity index (χ4v) is 7.93. The van der Waals surface area contributed by atoms with E-state index in [1.54, 1.807) is 35.2 Å². The topological polar surface area (TPSA) is 201 Å². The largest absolute Gasteiger partial charge is 0.465 e. The predicted molar refractivity (Wildman–Crippen MR) is 193 cm³/mol. The maximum atomic E-state index is 13.6. The number of nitrogens with zero attached hydrogens (tertiary/aromatic N) is 1. The first-order valence-corrected chi connectivity index (χ1v) is 18.5. The fourth-order valence-electron chi connectivity index (χ4n) is 5.64. The van der Waals surface area contributed by atoms with Crippen molar-refractivity contribution in [3.63, 3.8) is 0 Å². The minimum Gasteiger partial charge on any atom is -0.465 e. The quantitative estimate of drug-likeness (QED) is 0.0819. The summed E-state index contributed by atoms with van der Waals surface area (Å²) < 4.78 is 62.8. The van der Waals surface area contributed by atoms with E-state index in [0.29, 0.717) is 18.7 Å². The summed E-state index contributed by atoms with van der Waals surface area (Å²) >= 11 is 0. The lowest BCUT2D eigenvalue weighted by Crippen LogP contribution is -2.51. The number of likely N-dealkylation sites (tertiary alicyclic amines) is 1. The van der Waals surface area contributed by atoms with Crippen LogP contribution >= 0.6 is 12.4 Å². The van der Waals surface area contributed by atoms with Gasteiger partial charge in [-0.15, -0.1) is 12.4 Å². The van der Waals surface area contributed by atoms with Crippen molar-refractivity contribution in [3.05, 3.63) is 102 Å². The molecule has 1 saturated heterocycles. The van der Waals surface area contributed by atoms with Crippen LogP contribution in [0.4, 0.5) is 5.69 Å². The first-order chi connectivity index (χ1) is 23.3. The van der Waals surface area contributed by atoms with E-state index >= 15 is 0 Å². The van der Waals surface area contributed by atoms with E-state index in [4.69, 9.17) is 11.1 Å². The molecule has 4 aromatic carbocycles. The summed E-state index contributed by atoms with van der Waals surface area (Å²) in [6.45, 7) is 1.45. The Labute approximate surface area is 297 Å². The Bertz CT molecular complexity index is 2060. The smallest absolute Gasteiger partial charge is 0.337 e. The Balaban J connectivity index is 0.00000562. The molecule has 16 heteroatoms. The molecule has 266 valence electrons. The van der Waals surface area contributed by atoms with Crippen molar-refractivity contribution in [1.82, 2.24) is 14.9 Å². The molecule has 50 heavy (non-hydrogen) atoms. The molecule has 0 saturated carbocycles. The number of anilines is 1. The van der Waals surface area contributed by atoms with Crippen molar-refractivity contribution in [2.45, 2.75) is 35.1 Å². The zero-order valence-electron chi connectivity index (χ0n) is 27.2. The number of rotatable bonds is 12. The third kappa shape index (κ3) is 9.50. The van der Waals surface area contributed by atoms with E-state index in [9.17, 15) is 26.4 Å². The molecule has 0 radical (unpaired) electrons. The normalized spacial score (nSPS) is 15.4. The van der Waals surface area contributed by atoms with Gasteiger partial charge in [-0.1, -0.05) is 42.5 Å². The highest BCUT2D eigenvalue weighted by Gasteiger charge is 2.28. The molecule has 4 aromatic rings.